The average Bonchev–Trinajstić information content (AvgIpc) is 2.76. The van der Waals surface area contributed by atoms with Crippen LogP contribution < -0.4 is 5.32 Å². The van der Waals surface area contributed by atoms with Crippen LogP contribution in [0.15, 0.2) is 18.2 Å². The van der Waals surface area contributed by atoms with Gasteiger partial charge < -0.3 is 15.2 Å². The second-order valence-electron chi connectivity index (χ2n) is 4.17. The Morgan fingerprint density at radius 3 is 2.94 bits per heavy atom. The van der Waals surface area contributed by atoms with Crippen molar-refractivity contribution in [2.75, 3.05) is 11.9 Å². The van der Waals surface area contributed by atoms with E-state index in [-0.39, 0.29) is 6.10 Å². The van der Waals surface area contributed by atoms with E-state index in [2.05, 4.69) is 27.9 Å². The highest BCUT2D eigenvalue weighted by molar-refractivity contribution is 14.1. The molecule has 0 radical (unpaired) electrons. The zero-order valence-electron chi connectivity index (χ0n) is 9.53. The quantitative estimate of drug-likeness (QED) is 0.787. The Kier molecular flexibility index (Phi) is 4.69. The van der Waals surface area contributed by atoms with E-state index in [1.54, 1.807) is 0 Å². The molecular formula is C12H13ClINO3. The molecule has 0 bridgehead atoms. The van der Waals surface area contributed by atoms with E-state index in [0.29, 0.717) is 18.0 Å². The number of anilines is 1. The monoisotopic (exact) mass is 381 g/mol. The maximum atomic E-state index is 10.7. The van der Waals surface area contributed by atoms with E-state index in [1.807, 2.05) is 18.2 Å². The van der Waals surface area contributed by atoms with Crippen molar-refractivity contribution in [3.05, 3.63) is 26.8 Å². The zero-order chi connectivity index (χ0) is 13.1. The van der Waals surface area contributed by atoms with Crippen LogP contribution in [0, 0.1) is 3.57 Å². The van der Waals surface area contributed by atoms with Crippen molar-refractivity contribution in [3.63, 3.8) is 0 Å². The van der Waals surface area contributed by atoms with Crippen molar-refractivity contribution < 1.29 is 14.6 Å². The first-order valence-corrected chi connectivity index (χ1v) is 7.09. The van der Waals surface area contributed by atoms with Gasteiger partial charge in [0, 0.05) is 10.1 Å². The summed E-state index contributed by atoms with van der Waals surface area (Å²) in [6.45, 7) is 0.574. The first-order valence-electron chi connectivity index (χ1n) is 5.63. The standard InChI is InChI=1S/C12H13ClINO3/c13-9-5-7(14)1-3-10(9)15-6-8-2-4-11(18-8)12(16)17/h1,3,5,8,11,15H,2,4,6H2,(H,16,17). The van der Waals surface area contributed by atoms with Crippen LogP contribution in [0.1, 0.15) is 12.8 Å². The lowest BCUT2D eigenvalue weighted by Gasteiger charge is -2.14. The Balaban J connectivity index is 1.87. The van der Waals surface area contributed by atoms with Crippen molar-refractivity contribution in [1.29, 1.82) is 0 Å². The molecule has 0 amide bonds. The van der Waals surface area contributed by atoms with E-state index < -0.39 is 12.1 Å². The Morgan fingerprint density at radius 1 is 1.56 bits per heavy atom. The number of rotatable bonds is 4. The zero-order valence-corrected chi connectivity index (χ0v) is 12.4. The second-order valence-corrected chi connectivity index (χ2v) is 5.82. The molecule has 1 aromatic carbocycles. The molecule has 0 saturated carbocycles. The van der Waals surface area contributed by atoms with Crippen LogP contribution in [0.4, 0.5) is 5.69 Å². The highest BCUT2D eigenvalue weighted by Crippen LogP contribution is 2.25. The maximum absolute atomic E-state index is 10.7. The molecule has 1 aromatic rings. The third-order valence-electron chi connectivity index (χ3n) is 2.83. The largest absolute Gasteiger partial charge is 0.479 e. The summed E-state index contributed by atoms with van der Waals surface area (Å²) in [5.74, 6) is -0.884. The number of hydrogen-bond donors (Lipinski definition) is 2. The van der Waals surface area contributed by atoms with Crippen LogP contribution in [-0.4, -0.2) is 29.8 Å². The molecule has 0 spiro atoms. The number of carboxylic acids is 1. The summed E-state index contributed by atoms with van der Waals surface area (Å²) in [4.78, 5) is 10.7. The van der Waals surface area contributed by atoms with Crippen LogP contribution in [-0.2, 0) is 9.53 Å². The Hall–Kier alpha value is -0.530. The van der Waals surface area contributed by atoms with Crippen molar-refractivity contribution in [1.82, 2.24) is 0 Å². The van der Waals surface area contributed by atoms with E-state index in [0.717, 1.165) is 15.7 Å². The van der Waals surface area contributed by atoms with Gasteiger partial charge in [0.1, 0.15) is 0 Å². The lowest BCUT2D eigenvalue weighted by atomic mass is 10.2. The fourth-order valence-corrected chi connectivity index (χ4v) is 2.82. The Morgan fingerprint density at radius 2 is 2.33 bits per heavy atom. The maximum Gasteiger partial charge on any atom is 0.332 e. The van der Waals surface area contributed by atoms with Gasteiger partial charge in [-0.05, 0) is 53.6 Å². The summed E-state index contributed by atoms with van der Waals surface area (Å²) in [7, 11) is 0. The first kappa shape index (κ1) is 13.9. The van der Waals surface area contributed by atoms with Crippen molar-refractivity contribution in [2.24, 2.45) is 0 Å². The number of carboxylic acid groups (broad SMARTS) is 1. The lowest BCUT2D eigenvalue weighted by Crippen LogP contribution is -2.24. The minimum Gasteiger partial charge on any atom is -0.479 e. The van der Waals surface area contributed by atoms with Crippen molar-refractivity contribution in [3.8, 4) is 0 Å². The summed E-state index contributed by atoms with van der Waals surface area (Å²) in [5.41, 5.74) is 0.847. The summed E-state index contributed by atoms with van der Waals surface area (Å²) in [6.07, 6.45) is 0.596. The number of hydrogen-bond acceptors (Lipinski definition) is 3. The van der Waals surface area contributed by atoms with Gasteiger partial charge in [0.15, 0.2) is 6.10 Å². The molecule has 1 fully saturated rings. The summed E-state index contributed by atoms with van der Waals surface area (Å²) >= 11 is 8.29. The fraction of sp³-hybridized carbons (Fsp3) is 0.417. The molecule has 2 rings (SSSR count). The molecule has 0 aliphatic carbocycles. The van der Waals surface area contributed by atoms with E-state index in [9.17, 15) is 4.79 Å². The normalized spacial score (nSPS) is 23.0. The summed E-state index contributed by atoms with van der Waals surface area (Å²) in [5, 5.41) is 12.7. The van der Waals surface area contributed by atoms with Crippen molar-refractivity contribution in [2.45, 2.75) is 25.0 Å². The minimum absolute atomic E-state index is 0.0681. The van der Waals surface area contributed by atoms with Gasteiger partial charge in [0.2, 0.25) is 0 Å². The van der Waals surface area contributed by atoms with Crippen molar-refractivity contribution >= 4 is 45.8 Å². The first-order chi connectivity index (χ1) is 8.56. The SMILES string of the molecule is O=C(O)C1CCC(CNc2ccc(I)cc2Cl)O1. The molecule has 1 aliphatic heterocycles. The van der Waals surface area contributed by atoms with Gasteiger partial charge >= 0.3 is 5.97 Å². The average molecular weight is 382 g/mol. The Labute approximate surface area is 124 Å². The number of nitrogens with one attached hydrogen (secondary N) is 1. The van der Waals surface area contributed by atoms with Crippen LogP contribution in [0.5, 0.6) is 0 Å². The topological polar surface area (TPSA) is 58.6 Å². The summed E-state index contributed by atoms with van der Waals surface area (Å²) < 4.78 is 6.48. The predicted octanol–water partition coefficient (Wildman–Crippen LogP) is 2.99. The molecule has 1 saturated heterocycles. The second kappa shape index (κ2) is 6.08. The van der Waals surface area contributed by atoms with Gasteiger partial charge in [-0.1, -0.05) is 11.6 Å². The number of ether oxygens (including phenoxy) is 1. The molecule has 2 unspecified atom stereocenters. The van der Waals surface area contributed by atoms with Crippen LogP contribution in [0.3, 0.4) is 0 Å². The van der Waals surface area contributed by atoms with Gasteiger partial charge in [-0.3, -0.25) is 0 Å². The number of halogens is 2. The molecule has 1 heterocycles. The molecular weight excluding hydrogens is 368 g/mol. The van der Waals surface area contributed by atoms with Crippen LogP contribution in [0.2, 0.25) is 5.02 Å². The third-order valence-corrected chi connectivity index (χ3v) is 3.82. The fourth-order valence-electron chi connectivity index (χ4n) is 1.89. The molecule has 6 heteroatoms. The molecule has 0 aromatic heterocycles. The highest BCUT2D eigenvalue weighted by Gasteiger charge is 2.30. The number of carbonyl (C=O) groups is 1. The van der Waals surface area contributed by atoms with Gasteiger partial charge in [-0.15, -0.1) is 0 Å². The minimum atomic E-state index is -0.884. The van der Waals surface area contributed by atoms with Crippen LogP contribution >= 0.6 is 34.2 Å². The van der Waals surface area contributed by atoms with Gasteiger partial charge in [0.25, 0.3) is 0 Å². The van der Waals surface area contributed by atoms with E-state index >= 15 is 0 Å². The molecule has 98 valence electrons. The molecule has 4 nitrogen and oxygen atoms in total. The van der Waals surface area contributed by atoms with E-state index in [1.165, 1.54) is 0 Å². The van der Waals surface area contributed by atoms with Gasteiger partial charge in [-0.2, -0.15) is 0 Å². The van der Waals surface area contributed by atoms with Gasteiger partial charge in [-0.25, -0.2) is 4.79 Å². The highest BCUT2D eigenvalue weighted by atomic mass is 127. The lowest BCUT2D eigenvalue weighted by molar-refractivity contribution is -0.149. The summed E-state index contributed by atoms with van der Waals surface area (Å²) in [6, 6.07) is 5.75. The van der Waals surface area contributed by atoms with Crippen LogP contribution in [0.25, 0.3) is 0 Å². The smallest absolute Gasteiger partial charge is 0.332 e. The molecule has 18 heavy (non-hydrogen) atoms. The molecule has 2 atom stereocenters. The van der Waals surface area contributed by atoms with Gasteiger partial charge in [0.05, 0.1) is 16.8 Å². The number of aliphatic carboxylic acids is 1. The predicted molar refractivity (Wildman–Crippen MR) is 78.2 cm³/mol. The molecule has 1 aliphatic rings. The molecule has 2 N–H and O–H groups in total. The third kappa shape index (κ3) is 3.49. The Bertz CT molecular complexity index is 455. The van der Waals surface area contributed by atoms with E-state index in [4.69, 9.17) is 21.4 Å². The number of benzene rings is 1.